The first-order valence-electron chi connectivity index (χ1n) is 9.74. The Bertz CT molecular complexity index is 760. The SMILES string of the molecule is CCC(CC)C(=O)N1CCC(NC(=O)c2cc(-c3ccccc3)on2)CC1. The van der Waals surface area contributed by atoms with Crippen molar-refractivity contribution in [3.63, 3.8) is 0 Å². The monoisotopic (exact) mass is 369 g/mol. The van der Waals surface area contributed by atoms with Crippen molar-refractivity contribution in [1.82, 2.24) is 15.4 Å². The molecule has 144 valence electrons. The van der Waals surface area contributed by atoms with E-state index in [4.69, 9.17) is 4.52 Å². The zero-order valence-corrected chi connectivity index (χ0v) is 16.0. The largest absolute Gasteiger partial charge is 0.355 e. The average molecular weight is 369 g/mol. The maximum atomic E-state index is 12.5. The fourth-order valence-corrected chi connectivity index (χ4v) is 3.52. The van der Waals surface area contributed by atoms with Crippen molar-refractivity contribution < 1.29 is 14.1 Å². The van der Waals surface area contributed by atoms with Crippen LogP contribution in [-0.2, 0) is 4.79 Å². The van der Waals surface area contributed by atoms with Gasteiger partial charge in [0.15, 0.2) is 11.5 Å². The van der Waals surface area contributed by atoms with Crippen molar-refractivity contribution in [2.45, 2.75) is 45.6 Å². The van der Waals surface area contributed by atoms with Gasteiger partial charge in [-0.25, -0.2) is 0 Å². The van der Waals surface area contributed by atoms with Crippen LogP contribution in [-0.4, -0.2) is 41.0 Å². The number of aromatic nitrogens is 1. The minimum absolute atomic E-state index is 0.0557. The number of carbonyl (C=O) groups is 2. The summed E-state index contributed by atoms with van der Waals surface area (Å²) in [7, 11) is 0. The van der Waals surface area contributed by atoms with Gasteiger partial charge in [0.05, 0.1) is 0 Å². The molecule has 0 bridgehead atoms. The van der Waals surface area contributed by atoms with E-state index in [-0.39, 0.29) is 29.5 Å². The normalized spacial score (nSPS) is 15.1. The zero-order chi connectivity index (χ0) is 19.2. The van der Waals surface area contributed by atoms with E-state index in [0.29, 0.717) is 18.8 Å². The Kier molecular flexibility index (Phi) is 6.27. The Morgan fingerprint density at radius 1 is 1.19 bits per heavy atom. The minimum Gasteiger partial charge on any atom is -0.355 e. The molecule has 0 radical (unpaired) electrons. The van der Waals surface area contributed by atoms with Crippen LogP contribution in [0.1, 0.15) is 50.0 Å². The van der Waals surface area contributed by atoms with E-state index < -0.39 is 0 Å². The molecule has 1 saturated heterocycles. The summed E-state index contributed by atoms with van der Waals surface area (Å²) >= 11 is 0. The number of hydrogen-bond acceptors (Lipinski definition) is 4. The second kappa shape index (κ2) is 8.84. The summed E-state index contributed by atoms with van der Waals surface area (Å²) in [6.45, 7) is 5.49. The summed E-state index contributed by atoms with van der Waals surface area (Å²) < 4.78 is 5.30. The van der Waals surface area contributed by atoms with Crippen LogP contribution in [0.4, 0.5) is 0 Å². The molecule has 2 amide bonds. The highest BCUT2D eigenvalue weighted by atomic mass is 16.5. The van der Waals surface area contributed by atoms with Crippen LogP contribution in [0.5, 0.6) is 0 Å². The van der Waals surface area contributed by atoms with Gasteiger partial charge in [0, 0.05) is 36.7 Å². The van der Waals surface area contributed by atoms with Crippen molar-refractivity contribution in [3.05, 3.63) is 42.1 Å². The van der Waals surface area contributed by atoms with Crippen molar-refractivity contribution in [2.24, 2.45) is 5.92 Å². The Hall–Kier alpha value is -2.63. The third-order valence-electron chi connectivity index (χ3n) is 5.28. The van der Waals surface area contributed by atoms with E-state index in [1.54, 1.807) is 6.07 Å². The second-order valence-electron chi connectivity index (χ2n) is 7.03. The van der Waals surface area contributed by atoms with E-state index in [9.17, 15) is 9.59 Å². The maximum absolute atomic E-state index is 12.5. The number of hydrogen-bond donors (Lipinski definition) is 1. The lowest BCUT2D eigenvalue weighted by atomic mass is 9.98. The first-order valence-corrected chi connectivity index (χ1v) is 9.74. The lowest BCUT2D eigenvalue weighted by molar-refractivity contribution is -0.136. The highest BCUT2D eigenvalue weighted by Crippen LogP contribution is 2.21. The zero-order valence-electron chi connectivity index (χ0n) is 16.0. The standard InChI is InChI=1S/C21H27N3O3/c1-3-15(4-2)21(26)24-12-10-17(11-13-24)22-20(25)18-14-19(27-23-18)16-8-6-5-7-9-16/h5-9,14-15,17H,3-4,10-13H2,1-2H3,(H,22,25). The third-order valence-corrected chi connectivity index (χ3v) is 5.28. The molecule has 1 aliphatic rings. The molecule has 0 spiro atoms. The summed E-state index contributed by atoms with van der Waals surface area (Å²) in [5, 5.41) is 6.91. The molecule has 1 fully saturated rings. The van der Waals surface area contributed by atoms with Gasteiger partial charge in [0.2, 0.25) is 5.91 Å². The molecule has 1 aromatic carbocycles. The van der Waals surface area contributed by atoms with Crippen LogP contribution in [0.2, 0.25) is 0 Å². The van der Waals surface area contributed by atoms with Gasteiger partial charge in [-0.3, -0.25) is 9.59 Å². The number of nitrogens with one attached hydrogen (secondary N) is 1. The third kappa shape index (κ3) is 4.56. The molecule has 0 unspecified atom stereocenters. The molecule has 1 aliphatic heterocycles. The Morgan fingerprint density at radius 2 is 1.85 bits per heavy atom. The summed E-state index contributed by atoms with van der Waals surface area (Å²) in [4.78, 5) is 26.9. The Morgan fingerprint density at radius 3 is 2.48 bits per heavy atom. The van der Waals surface area contributed by atoms with Gasteiger partial charge >= 0.3 is 0 Å². The molecule has 0 atom stereocenters. The summed E-state index contributed by atoms with van der Waals surface area (Å²) in [6, 6.07) is 11.3. The molecule has 1 aromatic heterocycles. The number of nitrogens with zero attached hydrogens (tertiary/aromatic N) is 2. The van der Waals surface area contributed by atoms with Crippen LogP contribution in [0, 0.1) is 5.92 Å². The first-order chi connectivity index (χ1) is 13.1. The van der Waals surface area contributed by atoms with E-state index in [0.717, 1.165) is 31.2 Å². The van der Waals surface area contributed by atoms with Crippen molar-refractivity contribution in [2.75, 3.05) is 13.1 Å². The van der Waals surface area contributed by atoms with E-state index in [1.165, 1.54) is 0 Å². The molecule has 2 aromatic rings. The Balaban J connectivity index is 1.53. The number of likely N-dealkylation sites (tertiary alicyclic amines) is 1. The van der Waals surface area contributed by atoms with Gasteiger partial charge in [-0.15, -0.1) is 0 Å². The fourth-order valence-electron chi connectivity index (χ4n) is 3.52. The lowest BCUT2D eigenvalue weighted by Crippen LogP contribution is -2.48. The average Bonchev–Trinajstić information content (AvgIpc) is 3.20. The van der Waals surface area contributed by atoms with Gasteiger partial charge in [0.1, 0.15) is 0 Å². The second-order valence-corrected chi connectivity index (χ2v) is 7.03. The molecular weight excluding hydrogens is 342 g/mol. The molecule has 1 N–H and O–H groups in total. The lowest BCUT2D eigenvalue weighted by Gasteiger charge is -2.34. The van der Waals surface area contributed by atoms with Gasteiger partial charge in [-0.1, -0.05) is 49.3 Å². The number of amides is 2. The number of benzene rings is 1. The van der Waals surface area contributed by atoms with E-state index in [2.05, 4.69) is 24.3 Å². The summed E-state index contributed by atoms with van der Waals surface area (Å²) in [5.41, 5.74) is 1.17. The minimum atomic E-state index is -0.231. The predicted octanol–water partition coefficient (Wildman–Crippen LogP) is 3.50. The predicted molar refractivity (Wildman–Crippen MR) is 103 cm³/mol. The van der Waals surface area contributed by atoms with Crippen molar-refractivity contribution in [3.8, 4) is 11.3 Å². The van der Waals surface area contributed by atoms with Crippen molar-refractivity contribution in [1.29, 1.82) is 0 Å². The van der Waals surface area contributed by atoms with Gasteiger partial charge in [0.25, 0.3) is 5.91 Å². The molecule has 6 heteroatoms. The number of piperidine rings is 1. The van der Waals surface area contributed by atoms with Crippen LogP contribution in [0.15, 0.2) is 40.9 Å². The highest BCUT2D eigenvalue weighted by Gasteiger charge is 2.27. The fraction of sp³-hybridized carbons (Fsp3) is 0.476. The van der Waals surface area contributed by atoms with Gasteiger partial charge in [-0.2, -0.15) is 0 Å². The smallest absolute Gasteiger partial charge is 0.273 e. The van der Waals surface area contributed by atoms with Gasteiger partial charge < -0.3 is 14.7 Å². The van der Waals surface area contributed by atoms with Crippen LogP contribution in [0.3, 0.4) is 0 Å². The number of carbonyl (C=O) groups excluding carboxylic acids is 2. The molecule has 2 heterocycles. The van der Waals surface area contributed by atoms with Crippen LogP contribution >= 0.6 is 0 Å². The molecule has 0 aliphatic carbocycles. The van der Waals surface area contributed by atoms with Crippen molar-refractivity contribution >= 4 is 11.8 Å². The molecule has 27 heavy (non-hydrogen) atoms. The molecular formula is C21H27N3O3. The van der Waals surface area contributed by atoms with E-state index in [1.807, 2.05) is 35.2 Å². The maximum Gasteiger partial charge on any atom is 0.273 e. The van der Waals surface area contributed by atoms with Gasteiger partial charge in [-0.05, 0) is 25.7 Å². The highest BCUT2D eigenvalue weighted by molar-refractivity contribution is 5.93. The quantitative estimate of drug-likeness (QED) is 0.846. The summed E-state index contributed by atoms with van der Waals surface area (Å²) in [5.74, 6) is 0.702. The topological polar surface area (TPSA) is 75.4 Å². The summed E-state index contributed by atoms with van der Waals surface area (Å²) in [6.07, 6.45) is 3.28. The molecule has 0 saturated carbocycles. The molecule has 3 rings (SSSR count). The van der Waals surface area contributed by atoms with E-state index >= 15 is 0 Å². The number of rotatable bonds is 6. The Labute approximate surface area is 159 Å². The molecule has 6 nitrogen and oxygen atoms in total. The van der Waals surface area contributed by atoms with Crippen LogP contribution < -0.4 is 5.32 Å². The van der Waals surface area contributed by atoms with Crippen LogP contribution in [0.25, 0.3) is 11.3 Å². The first kappa shape index (κ1) is 19.1.